The Kier molecular flexibility index (Phi) is 6.78. The number of carbonyl (C=O) groups excluding carboxylic acids is 1. The summed E-state index contributed by atoms with van der Waals surface area (Å²) in [4.78, 5) is 18.2. The molecule has 1 heterocycles. The molecule has 0 fully saturated rings. The van der Waals surface area contributed by atoms with Gasteiger partial charge >= 0.3 is 6.09 Å². The Morgan fingerprint density at radius 3 is 2.33 bits per heavy atom. The van der Waals surface area contributed by atoms with E-state index in [4.69, 9.17) is 4.74 Å². The number of thiazole rings is 1. The molecule has 6 nitrogen and oxygen atoms in total. The zero-order valence-corrected chi connectivity index (χ0v) is 16.5. The predicted molar refractivity (Wildman–Crippen MR) is 95.3 cm³/mol. The topological polar surface area (TPSA) is 82.9 Å². The molecule has 0 aliphatic carbocycles. The Morgan fingerprint density at radius 1 is 1.33 bits per heavy atom. The number of hydrogen-bond acceptors (Lipinski definition) is 6. The van der Waals surface area contributed by atoms with Gasteiger partial charge in [-0.1, -0.05) is 20.8 Å². The molecule has 0 aliphatic heterocycles. The number of amides is 1. The van der Waals surface area contributed by atoms with Crippen LogP contribution in [0, 0.1) is 0 Å². The van der Waals surface area contributed by atoms with Crippen LogP contribution in [-0.4, -0.2) is 51.0 Å². The lowest BCUT2D eigenvalue weighted by molar-refractivity contribution is -0.00118. The van der Waals surface area contributed by atoms with E-state index in [1.807, 2.05) is 5.38 Å². The van der Waals surface area contributed by atoms with Crippen LogP contribution >= 0.6 is 11.3 Å². The molecule has 2 N–H and O–H groups in total. The summed E-state index contributed by atoms with van der Waals surface area (Å²) in [5.41, 5.74) is 0.161. The highest BCUT2D eigenvalue weighted by Crippen LogP contribution is 2.27. The maximum Gasteiger partial charge on any atom is 0.410 e. The highest BCUT2D eigenvalue weighted by molar-refractivity contribution is 7.09. The van der Waals surface area contributed by atoms with E-state index in [1.54, 1.807) is 27.7 Å². The van der Waals surface area contributed by atoms with Gasteiger partial charge in [-0.2, -0.15) is 0 Å². The normalized spacial score (nSPS) is 15.0. The third kappa shape index (κ3) is 6.03. The third-order valence-corrected chi connectivity index (χ3v) is 4.32. The van der Waals surface area contributed by atoms with E-state index in [1.165, 1.54) is 16.2 Å². The van der Waals surface area contributed by atoms with Crippen LogP contribution in [0.5, 0.6) is 0 Å². The SMILES string of the molecule is C[C@H](CO)N(CC(O)c1nc(C(C)(C)C)cs1)C(=O)OC(C)(C)C. The highest BCUT2D eigenvalue weighted by Gasteiger charge is 2.29. The van der Waals surface area contributed by atoms with Gasteiger partial charge in [0.2, 0.25) is 0 Å². The van der Waals surface area contributed by atoms with Crippen molar-refractivity contribution in [1.82, 2.24) is 9.88 Å². The zero-order valence-electron chi connectivity index (χ0n) is 15.7. The molecule has 7 heteroatoms. The van der Waals surface area contributed by atoms with Gasteiger partial charge in [0.15, 0.2) is 0 Å². The number of aliphatic hydroxyl groups excluding tert-OH is 2. The van der Waals surface area contributed by atoms with Crippen molar-refractivity contribution < 1.29 is 19.7 Å². The molecule has 1 amide bonds. The van der Waals surface area contributed by atoms with Crippen LogP contribution in [0.2, 0.25) is 0 Å². The van der Waals surface area contributed by atoms with Gasteiger partial charge in [-0.25, -0.2) is 9.78 Å². The van der Waals surface area contributed by atoms with Crippen molar-refractivity contribution >= 4 is 17.4 Å². The number of ether oxygens (including phenoxy) is 1. The van der Waals surface area contributed by atoms with Gasteiger partial charge in [-0.15, -0.1) is 11.3 Å². The van der Waals surface area contributed by atoms with Gasteiger partial charge in [0.25, 0.3) is 0 Å². The molecule has 1 aromatic heterocycles. The molecular weight excluding hydrogens is 328 g/mol. The quantitative estimate of drug-likeness (QED) is 0.845. The maximum atomic E-state index is 12.4. The molecule has 2 atom stereocenters. The average molecular weight is 359 g/mol. The number of aromatic nitrogens is 1. The lowest BCUT2D eigenvalue weighted by Gasteiger charge is -2.32. The molecular formula is C17H30N2O4S. The fourth-order valence-electron chi connectivity index (χ4n) is 1.90. The fourth-order valence-corrected chi connectivity index (χ4v) is 2.92. The number of carbonyl (C=O) groups is 1. The predicted octanol–water partition coefficient (Wildman–Crippen LogP) is 3.09. The van der Waals surface area contributed by atoms with Gasteiger partial charge < -0.3 is 19.8 Å². The van der Waals surface area contributed by atoms with E-state index in [9.17, 15) is 15.0 Å². The summed E-state index contributed by atoms with van der Waals surface area (Å²) in [6.07, 6.45) is -1.48. The highest BCUT2D eigenvalue weighted by atomic mass is 32.1. The molecule has 138 valence electrons. The van der Waals surface area contributed by atoms with E-state index < -0.39 is 23.8 Å². The second-order valence-corrected chi connectivity index (χ2v) is 8.89. The summed E-state index contributed by atoms with van der Waals surface area (Å²) in [5, 5.41) is 22.4. The summed E-state index contributed by atoms with van der Waals surface area (Å²) in [7, 11) is 0. The van der Waals surface area contributed by atoms with Crippen molar-refractivity contribution in [3.05, 3.63) is 16.1 Å². The summed E-state index contributed by atoms with van der Waals surface area (Å²) >= 11 is 1.37. The summed E-state index contributed by atoms with van der Waals surface area (Å²) in [6.45, 7) is 13.0. The van der Waals surface area contributed by atoms with Crippen LogP contribution in [0.3, 0.4) is 0 Å². The first-order valence-corrected chi connectivity index (χ1v) is 8.97. The summed E-state index contributed by atoms with van der Waals surface area (Å²) < 4.78 is 5.37. The van der Waals surface area contributed by atoms with Crippen molar-refractivity contribution in [3.63, 3.8) is 0 Å². The second-order valence-electron chi connectivity index (χ2n) is 8.00. The number of nitrogens with zero attached hydrogens (tertiary/aromatic N) is 2. The van der Waals surface area contributed by atoms with Crippen LogP contribution in [0.4, 0.5) is 4.79 Å². The smallest absolute Gasteiger partial charge is 0.410 e. The fraction of sp³-hybridized carbons (Fsp3) is 0.765. The van der Waals surface area contributed by atoms with Gasteiger partial charge in [-0.3, -0.25) is 0 Å². The largest absolute Gasteiger partial charge is 0.444 e. The molecule has 0 aliphatic rings. The number of aliphatic hydroxyl groups is 2. The van der Waals surface area contributed by atoms with Crippen molar-refractivity contribution in [2.75, 3.05) is 13.2 Å². The Bertz CT molecular complexity index is 546. The van der Waals surface area contributed by atoms with E-state index in [0.717, 1.165) is 5.69 Å². The van der Waals surface area contributed by atoms with Gasteiger partial charge in [0, 0.05) is 10.8 Å². The minimum Gasteiger partial charge on any atom is -0.444 e. The molecule has 0 aromatic carbocycles. The van der Waals surface area contributed by atoms with Crippen molar-refractivity contribution in [1.29, 1.82) is 0 Å². The van der Waals surface area contributed by atoms with Crippen LogP contribution in [0.15, 0.2) is 5.38 Å². The van der Waals surface area contributed by atoms with Crippen LogP contribution < -0.4 is 0 Å². The van der Waals surface area contributed by atoms with E-state index >= 15 is 0 Å². The van der Waals surface area contributed by atoms with Crippen molar-refractivity contribution in [2.24, 2.45) is 0 Å². The van der Waals surface area contributed by atoms with Gasteiger partial charge in [-0.05, 0) is 27.7 Å². The van der Waals surface area contributed by atoms with Crippen molar-refractivity contribution in [3.8, 4) is 0 Å². The first kappa shape index (κ1) is 20.9. The molecule has 1 aromatic rings. The lowest BCUT2D eigenvalue weighted by Crippen LogP contribution is -2.45. The Labute approximate surface area is 148 Å². The van der Waals surface area contributed by atoms with Crippen molar-refractivity contribution in [2.45, 2.75) is 71.6 Å². The Morgan fingerprint density at radius 2 is 1.92 bits per heavy atom. The molecule has 0 spiro atoms. The first-order chi connectivity index (χ1) is 10.8. The molecule has 0 saturated carbocycles. The summed E-state index contributed by atoms with van der Waals surface area (Å²) in [6, 6.07) is -0.462. The van der Waals surface area contributed by atoms with E-state index in [-0.39, 0.29) is 18.6 Å². The molecule has 1 rings (SSSR count). The number of rotatable bonds is 5. The Balaban J connectivity index is 2.90. The molecule has 1 unspecified atom stereocenters. The molecule has 0 saturated heterocycles. The average Bonchev–Trinajstić information content (AvgIpc) is 2.91. The minimum atomic E-state index is -0.924. The standard InChI is InChI=1S/C17H30N2O4S/c1-11(9-20)19(15(22)23-17(5,6)7)8-12(21)14-18-13(10-24-14)16(2,3)4/h10-12,20-21H,8-9H2,1-7H3/t11-,12?/m1/s1. The zero-order chi connectivity index (χ0) is 18.7. The monoisotopic (exact) mass is 358 g/mol. The van der Waals surface area contributed by atoms with Crippen LogP contribution in [0.25, 0.3) is 0 Å². The maximum absolute atomic E-state index is 12.4. The third-order valence-electron chi connectivity index (χ3n) is 3.37. The lowest BCUT2D eigenvalue weighted by atomic mass is 9.93. The Hall–Kier alpha value is -1.18. The van der Waals surface area contributed by atoms with Crippen LogP contribution in [-0.2, 0) is 10.2 Å². The molecule has 0 radical (unpaired) electrons. The van der Waals surface area contributed by atoms with E-state index in [0.29, 0.717) is 5.01 Å². The van der Waals surface area contributed by atoms with E-state index in [2.05, 4.69) is 25.8 Å². The number of hydrogen-bond donors (Lipinski definition) is 2. The molecule has 0 bridgehead atoms. The minimum absolute atomic E-state index is 0.0216. The first-order valence-electron chi connectivity index (χ1n) is 8.09. The summed E-state index contributed by atoms with van der Waals surface area (Å²) in [5.74, 6) is 0. The van der Waals surface area contributed by atoms with Gasteiger partial charge in [0.1, 0.15) is 16.7 Å². The molecule has 24 heavy (non-hydrogen) atoms. The van der Waals surface area contributed by atoms with Crippen LogP contribution in [0.1, 0.15) is 65.3 Å². The second kappa shape index (κ2) is 7.80. The van der Waals surface area contributed by atoms with Gasteiger partial charge in [0.05, 0.1) is 24.9 Å².